The molecule has 5 rings (SSSR count). The van der Waals surface area contributed by atoms with Crippen molar-refractivity contribution in [2.45, 2.75) is 30.8 Å². The zero-order valence-electron chi connectivity index (χ0n) is 22.6. The predicted molar refractivity (Wildman–Crippen MR) is 153 cm³/mol. The van der Waals surface area contributed by atoms with Crippen LogP contribution in [-0.4, -0.2) is 60.1 Å². The van der Waals surface area contributed by atoms with E-state index in [0.717, 1.165) is 30.7 Å². The summed E-state index contributed by atoms with van der Waals surface area (Å²) in [5, 5.41) is 8.62. The summed E-state index contributed by atoms with van der Waals surface area (Å²) in [7, 11) is 0. The lowest BCUT2D eigenvalue weighted by Crippen LogP contribution is -2.43. The second-order valence-corrected chi connectivity index (χ2v) is 10.2. The Morgan fingerprint density at radius 3 is 2.52 bits per heavy atom. The first kappa shape index (κ1) is 29.2. The largest absolute Gasteiger partial charge is 0.417 e. The Balaban J connectivity index is 1.25. The van der Waals surface area contributed by atoms with Gasteiger partial charge in [-0.3, -0.25) is 14.5 Å². The number of likely N-dealkylation sites (tertiary alicyclic amines) is 1. The van der Waals surface area contributed by atoms with Crippen LogP contribution in [-0.2, 0) is 20.5 Å². The van der Waals surface area contributed by atoms with Crippen molar-refractivity contribution in [3.05, 3.63) is 89.6 Å². The molecule has 1 aromatic heterocycles. The van der Waals surface area contributed by atoms with E-state index in [9.17, 15) is 22.8 Å². The average molecular weight is 581 g/mol. The second-order valence-electron chi connectivity index (χ2n) is 10.2. The van der Waals surface area contributed by atoms with E-state index < -0.39 is 23.7 Å². The number of nitrogens with zero attached hydrogens (tertiary/aromatic N) is 2. The average Bonchev–Trinajstić information content (AvgIpc) is 3.59. The van der Waals surface area contributed by atoms with E-state index in [1.54, 1.807) is 54.6 Å². The van der Waals surface area contributed by atoms with Gasteiger partial charge >= 0.3 is 6.18 Å². The molecule has 3 atom stereocenters. The number of amides is 2. The molecule has 9 nitrogen and oxygen atoms in total. The number of aromatic nitrogens is 1. The Kier molecular flexibility index (Phi) is 8.86. The summed E-state index contributed by atoms with van der Waals surface area (Å²) in [5.74, 6) is -0.795. The molecule has 3 heterocycles. The minimum absolute atomic E-state index is 0.0124. The van der Waals surface area contributed by atoms with Gasteiger partial charge in [-0.05, 0) is 47.9 Å². The molecular weight excluding hydrogens is 549 g/mol. The molecule has 1 unspecified atom stereocenters. The van der Waals surface area contributed by atoms with Crippen molar-refractivity contribution in [2.24, 2.45) is 0 Å². The molecule has 2 saturated heterocycles. The van der Waals surface area contributed by atoms with E-state index in [1.807, 2.05) is 0 Å². The number of hydrogen-bond acceptors (Lipinski definition) is 7. The molecule has 3 aromatic rings. The van der Waals surface area contributed by atoms with Gasteiger partial charge in [-0.25, -0.2) is 4.98 Å². The lowest BCUT2D eigenvalue weighted by atomic mass is 10.0. The number of rotatable bonds is 10. The van der Waals surface area contributed by atoms with Gasteiger partial charge in [-0.1, -0.05) is 36.4 Å². The number of nitrogens with one attached hydrogen (secondary N) is 3. The number of hydrogen-bond donors (Lipinski definition) is 4. The van der Waals surface area contributed by atoms with Gasteiger partial charge in [0.2, 0.25) is 11.8 Å². The van der Waals surface area contributed by atoms with Crippen LogP contribution < -0.4 is 21.7 Å². The Bertz CT molecular complexity index is 1430. The van der Waals surface area contributed by atoms with Crippen LogP contribution in [0.25, 0.3) is 6.08 Å². The number of pyridine rings is 1. The Morgan fingerprint density at radius 2 is 1.88 bits per heavy atom. The number of morpholine rings is 1. The van der Waals surface area contributed by atoms with Gasteiger partial charge in [-0.15, -0.1) is 0 Å². The van der Waals surface area contributed by atoms with Crippen LogP contribution >= 0.6 is 0 Å². The molecule has 12 heteroatoms. The number of benzene rings is 2. The van der Waals surface area contributed by atoms with Crippen LogP contribution in [0.5, 0.6) is 0 Å². The van der Waals surface area contributed by atoms with Crippen LogP contribution in [0.15, 0.2) is 72.9 Å². The first-order valence-electron chi connectivity index (χ1n) is 13.5. The van der Waals surface area contributed by atoms with Crippen LogP contribution in [0.1, 0.15) is 29.2 Å². The molecule has 5 N–H and O–H groups in total. The molecule has 220 valence electrons. The summed E-state index contributed by atoms with van der Waals surface area (Å²) < 4.78 is 44.4. The standard InChI is InChI=1S/C30H31F3N6O3/c31-30(32,33)21-10-11-26(36-16-21)38-29(41)28(35-13-14-39-17-23-15-22(39)18-42-23)20-8-5-19(6-9-20)7-12-27(40)37-25-4-2-1-3-24(25)34/h1-12,16,22-23,28,35H,13-15,17-18,34H2,(H,37,40)(H,36,38,41)/t22-,23-,28?/m0/s1. The number of ether oxygens (including phenoxy) is 1. The van der Waals surface area contributed by atoms with E-state index in [1.165, 1.54) is 6.08 Å². The van der Waals surface area contributed by atoms with Crippen molar-refractivity contribution >= 4 is 35.1 Å². The maximum atomic E-state index is 13.3. The van der Waals surface area contributed by atoms with Crippen molar-refractivity contribution in [1.29, 1.82) is 0 Å². The summed E-state index contributed by atoms with van der Waals surface area (Å²) in [4.78, 5) is 31.7. The van der Waals surface area contributed by atoms with Crippen LogP contribution in [0.4, 0.5) is 30.4 Å². The molecule has 0 saturated carbocycles. The van der Waals surface area contributed by atoms with Gasteiger partial charge in [0, 0.05) is 37.9 Å². The number of anilines is 3. The van der Waals surface area contributed by atoms with Crippen molar-refractivity contribution in [3.8, 4) is 0 Å². The van der Waals surface area contributed by atoms with Gasteiger partial charge in [-0.2, -0.15) is 13.2 Å². The summed E-state index contributed by atoms with van der Waals surface area (Å²) in [6.45, 7) is 2.78. The Hall–Kier alpha value is -4.26. The van der Waals surface area contributed by atoms with Crippen LogP contribution in [0, 0.1) is 0 Å². The van der Waals surface area contributed by atoms with Crippen molar-refractivity contribution in [1.82, 2.24) is 15.2 Å². The SMILES string of the molecule is Nc1ccccc1NC(=O)C=Cc1ccc(C(NCCN2C[C@@H]3C[C@H]2CO3)C(=O)Nc2ccc(C(F)(F)F)cn2)cc1. The molecule has 42 heavy (non-hydrogen) atoms. The smallest absolute Gasteiger partial charge is 0.397 e. The van der Waals surface area contributed by atoms with Crippen molar-refractivity contribution in [3.63, 3.8) is 0 Å². The minimum Gasteiger partial charge on any atom is -0.397 e. The number of alkyl halides is 3. The molecule has 2 amide bonds. The second kappa shape index (κ2) is 12.7. The number of para-hydroxylation sites is 2. The van der Waals surface area contributed by atoms with E-state index >= 15 is 0 Å². The summed E-state index contributed by atoms with van der Waals surface area (Å²) in [6.07, 6.45) is 0.449. The molecule has 0 aliphatic carbocycles. The third-order valence-corrected chi connectivity index (χ3v) is 7.28. The molecule has 0 radical (unpaired) electrons. The highest BCUT2D eigenvalue weighted by molar-refractivity contribution is 6.03. The lowest BCUT2D eigenvalue weighted by molar-refractivity contribution is -0.137. The van der Waals surface area contributed by atoms with Gasteiger partial charge in [0.15, 0.2) is 0 Å². The lowest BCUT2D eigenvalue weighted by Gasteiger charge is -2.27. The maximum absolute atomic E-state index is 13.3. The van der Waals surface area contributed by atoms with Crippen LogP contribution in [0.2, 0.25) is 0 Å². The van der Waals surface area contributed by atoms with Gasteiger partial charge in [0.1, 0.15) is 11.9 Å². The fourth-order valence-corrected chi connectivity index (χ4v) is 5.06. The summed E-state index contributed by atoms with van der Waals surface area (Å²) in [5.41, 5.74) is 7.31. The summed E-state index contributed by atoms with van der Waals surface area (Å²) >= 11 is 0. The highest BCUT2D eigenvalue weighted by Crippen LogP contribution is 2.29. The molecule has 2 aliphatic rings. The topological polar surface area (TPSA) is 122 Å². The van der Waals surface area contributed by atoms with Gasteiger partial charge in [0.05, 0.1) is 29.6 Å². The Morgan fingerprint density at radius 1 is 1.10 bits per heavy atom. The monoisotopic (exact) mass is 580 g/mol. The summed E-state index contributed by atoms with van der Waals surface area (Å²) in [6, 6.07) is 15.6. The van der Waals surface area contributed by atoms with Gasteiger partial charge in [0.25, 0.3) is 0 Å². The van der Waals surface area contributed by atoms with E-state index in [2.05, 4.69) is 25.8 Å². The highest BCUT2D eigenvalue weighted by Gasteiger charge is 2.38. The predicted octanol–water partition coefficient (Wildman–Crippen LogP) is 4.08. The highest BCUT2D eigenvalue weighted by atomic mass is 19.4. The number of halogens is 3. The molecule has 2 fully saturated rings. The molecule has 2 aromatic carbocycles. The molecule has 0 spiro atoms. The fourth-order valence-electron chi connectivity index (χ4n) is 5.06. The Labute approximate surface area is 240 Å². The third kappa shape index (κ3) is 7.32. The number of carbonyl (C=O) groups excluding carboxylic acids is 2. The maximum Gasteiger partial charge on any atom is 0.417 e. The zero-order valence-corrected chi connectivity index (χ0v) is 22.6. The fraction of sp³-hybridized carbons (Fsp3) is 0.300. The van der Waals surface area contributed by atoms with E-state index in [4.69, 9.17) is 10.5 Å². The first-order chi connectivity index (χ1) is 20.2. The zero-order chi connectivity index (χ0) is 29.7. The van der Waals surface area contributed by atoms with Gasteiger partial charge < -0.3 is 26.4 Å². The number of nitrogen functional groups attached to an aromatic ring is 1. The molecule has 2 bridgehead atoms. The van der Waals surface area contributed by atoms with Crippen molar-refractivity contribution < 1.29 is 27.5 Å². The number of carbonyl (C=O) groups is 2. The van der Waals surface area contributed by atoms with Crippen molar-refractivity contribution in [2.75, 3.05) is 42.6 Å². The minimum atomic E-state index is -4.52. The first-order valence-corrected chi connectivity index (χ1v) is 13.5. The number of fused-ring (bicyclic) bond motifs is 2. The normalized spacial score (nSPS) is 19.2. The number of nitrogens with two attached hydrogens (primary N) is 1. The van der Waals surface area contributed by atoms with E-state index in [-0.39, 0.29) is 17.8 Å². The molecular formula is C30H31F3N6O3. The quantitative estimate of drug-likeness (QED) is 0.211. The molecule has 2 aliphatic heterocycles. The van der Waals surface area contributed by atoms with E-state index in [0.29, 0.717) is 48.9 Å². The van der Waals surface area contributed by atoms with Crippen LogP contribution in [0.3, 0.4) is 0 Å². The third-order valence-electron chi connectivity index (χ3n) is 7.28.